The van der Waals surface area contributed by atoms with E-state index in [1.54, 1.807) is 0 Å². The summed E-state index contributed by atoms with van der Waals surface area (Å²) in [6.07, 6.45) is 7.64. The van der Waals surface area contributed by atoms with E-state index in [9.17, 15) is 9.90 Å². The normalized spacial score (nSPS) is 31.3. The maximum absolute atomic E-state index is 12.5. The molecule has 6 heteroatoms. The molecule has 1 aliphatic heterocycles. The molecule has 0 radical (unpaired) electrons. The quantitative estimate of drug-likeness (QED) is 0.877. The van der Waals surface area contributed by atoms with Crippen LogP contribution in [0.25, 0.3) is 0 Å². The van der Waals surface area contributed by atoms with Gasteiger partial charge in [-0.15, -0.1) is 0 Å². The minimum absolute atomic E-state index is 0.177. The number of aromatic nitrogens is 1. The van der Waals surface area contributed by atoms with Crippen LogP contribution in [0.5, 0.6) is 0 Å². The lowest BCUT2D eigenvalue weighted by Gasteiger charge is -2.28. The van der Waals surface area contributed by atoms with E-state index in [4.69, 9.17) is 4.52 Å². The van der Waals surface area contributed by atoms with Crippen molar-refractivity contribution < 1.29 is 14.4 Å². The van der Waals surface area contributed by atoms with Crippen LogP contribution in [0.4, 0.5) is 0 Å². The van der Waals surface area contributed by atoms with Crippen molar-refractivity contribution in [2.45, 2.75) is 69.6 Å². The van der Waals surface area contributed by atoms with Crippen LogP contribution in [-0.4, -0.2) is 52.3 Å². The Balaban J connectivity index is 1.42. The molecule has 23 heavy (non-hydrogen) atoms. The van der Waals surface area contributed by atoms with Gasteiger partial charge in [0.2, 0.25) is 0 Å². The standard InChI is InChI=1S/C17H25N3O3/c21-16-12(7-8-13(16)20-9-3-4-10-20)18-17(22)15-11-5-1-2-6-14(11)23-19-15/h12-13,16,21H,1-10H2,(H,18,22)/t12-,13-,16-/m1/s1. The summed E-state index contributed by atoms with van der Waals surface area (Å²) in [6.45, 7) is 2.14. The van der Waals surface area contributed by atoms with Gasteiger partial charge >= 0.3 is 0 Å². The molecule has 0 unspecified atom stereocenters. The Kier molecular flexibility index (Phi) is 4.11. The molecule has 2 aliphatic carbocycles. The molecule has 0 aromatic carbocycles. The molecule has 2 fully saturated rings. The van der Waals surface area contributed by atoms with Crippen LogP contribution in [0.3, 0.4) is 0 Å². The summed E-state index contributed by atoms with van der Waals surface area (Å²) in [5.41, 5.74) is 1.40. The summed E-state index contributed by atoms with van der Waals surface area (Å²) in [4.78, 5) is 14.9. The number of likely N-dealkylation sites (tertiary alicyclic amines) is 1. The van der Waals surface area contributed by atoms with E-state index in [0.717, 1.165) is 62.9 Å². The molecule has 0 spiro atoms. The van der Waals surface area contributed by atoms with E-state index in [0.29, 0.717) is 5.69 Å². The first-order chi connectivity index (χ1) is 11.2. The highest BCUT2D eigenvalue weighted by Crippen LogP contribution is 2.29. The average molecular weight is 319 g/mol. The largest absolute Gasteiger partial charge is 0.389 e. The maximum Gasteiger partial charge on any atom is 0.274 e. The van der Waals surface area contributed by atoms with Gasteiger partial charge in [-0.3, -0.25) is 9.69 Å². The molecule has 126 valence electrons. The van der Waals surface area contributed by atoms with E-state index in [1.807, 2.05) is 0 Å². The molecule has 1 aromatic heterocycles. The van der Waals surface area contributed by atoms with Crippen LogP contribution in [0.15, 0.2) is 4.52 Å². The van der Waals surface area contributed by atoms with Gasteiger partial charge < -0.3 is 14.9 Å². The van der Waals surface area contributed by atoms with Crippen molar-refractivity contribution in [3.05, 3.63) is 17.0 Å². The van der Waals surface area contributed by atoms with Crippen molar-refractivity contribution in [2.75, 3.05) is 13.1 Å². The molecule has 6 nitrogen and oxygen atoms in total. The first kappa shape index (κ1) is 15.1. The Morgan fingerprint density at radius 2 is 1.96 bits per heavy atom. The molecule has 2 N–H and O–H groups in total. The lowest BCUT2D eigenvalue weighted by molar-refractivity contribution is 0.0616. The van der Waals surface area contributed by atoms with Crippen LogP contribution in [0.2, 0.25) is 0 Å². The van der Waals surface area contributed by atoms with Crippen molar-refractivity contribution in [3.63, 3.8) is 0 Å². The van der Waals surface area contributed by atoms with Gasteiger partial charge in [-0.2, -0.15) is 0 Å². The van der Waals surface area contributed by atoms with Gasteiger partial charge in [0.25, 0.3) is 5.91 Å². The van der Waals surface area contributed by atoms with Gasteiger partial charge in [0.05, 0.1) is 12.1 Å². The average Bonchev–Trinajstić information content (AvgIpc) is 3.28. The molecule has 1 amide bonds. The minimum atomic E-state index is -0.486. The van der Waals surface area contributed by atoms with Gasteiger partial charge in [0.15, 0.2) is 5.69 Å². The molecule has 1 saturated heterocycles. The summed E-state index contributed by atoms with van der Waals surface area (Å²) in [5.74, 6) is 0.673. The van der Waals surface area contributed by atoms with Gasteiger partial charge in [-0.1, -0.05) is 5.16 Å². The van der Waals surface area contributed by atoms with E-state index in [2.05, 4.69) is 15.4 Å². The van der Waals surface area contributed by atoms with Crippen LogP contribution >= 0.6 is 0 Å². The number of amides is 1. The second kappa shape index (κ2) is 6.24. The van der Waals surface area contributed by atoms with Crippen LogP contribution < -0.4 is 5.32 Å². The number of carbonyl (C=O) groups is 1. The van der Waals surface area contributed by atoms with E-state index in [1.165, 1.54) is 12.8 Å². The number of fused-ring (bicyclic) bond motifs is 1. The summed E-state index contributed by atoms with van der Waals surface area (Å²) in [7, 11) is 0. The monoisotopic (exact) mass is 319 g/mol. The fourth-order valence-corrected chi connectivity index (χ4v) is 4.39. The third-order valence-electron chi connectivity index (χ3n) is 5.67. The fraction of sp³-hybridized carbons (Fsp3) is 0.765. The van der Waals surface area contributed by atoms with Crippen LogP contribution in [-0.2, 0) is 12.8 Å². The molecule has 4 rings (SSSR count). The van der Waals surface area contributed by atoms with Gasteiger partial charge in [0, 0.05) is 18.0 Å². The van der Waals surface area contributed by atoms with E-state index in [-0.39, 0.29) is 18.0 Å². The second-order valence-corrected chi connectivity index (χ2v) is 7.10. The Morgan fingerprint density at radius 3 is 2.78 bits per heavy atom. The predicted molar refractivity (Wildman–Crippen MR) is 84.2 cm³/mol. The molecule has 3 atom stereocenters. The van der Waals surface area contributed by atoms with Crippen LogP contribution in [0.1, 0.15) is 60.3 Å². The molecular weight excluding hydrogens is 294 g/mol. The number of aliphatic hydroxyl groups excluding tert-OH is 1. The Bertz CT molecular complexity index is 580. The Morgan fingerprint density at radius 1 is 1.17 bits per heavy atom. The molecule has 1 saturated carbocycles. The summed E-state index contributed by atoms with van der Waals surface area (Å²) in [5, 5.41) is 17.6. The summed E-state index contributed by atoms with van der Waals surface area (Å²) in [6, 6.07) is 0.0121. The topological polar surface area (TPSA) is 78.6 Å². The third-order valence-corrected chi connectivity index (χ3v) is 5.67. The number of carbonyl (C=O) groups excluding carboxylic acids is 1. The van der Waals surface area contributed by atoms with Crippen LogP contribution in [0, 0.1) is 0 Å². The van der Waals surface area contributed by atoms with Crippen molar-refractivity contribution >= 4 is 5.91 Å². The molecular formula is C17H25N3O3. The van der Waals surface area contributed by atoms with Crippen molar-refractivity contribution in [2.24, 2.45) is 0 Å². The number of hydrogen-bond acceptors (Lipinski definition) is 5. The zero-order chi connectivity index (χ0) is 15.8. The highest BCUT2D eigenvalue weighted by Gasteiger charge is 2.40. The number of aryl methyl sites for hydroxylation is 1. The van der Waals surface area contributed by atoms with Crippen molar-refractivity contribution in [1.29, 1.82) is 0 Å². The summed E-state index contributed by atoms with van der Waals surface area (Å²) < 4.78 is 5.32. The number of nitrogens with zero attached hydrogens (tertiary/aromatic N) is 2. The highest BCUT2D eigenvalue weighted by atomic mass is 16.5. The lowest BCUT2D eigenvalue weighted by Crippen LogP contribution is -2.47. The van der Waals surface area contributed by atoms with Crippen molar-refractivity contribution in [3.8, 4) is 0 Å². The zero-order valence-corrected chi connectivity index (χ0v) is 13.5. The lowest BCUT2D eigenvalue weighted by atomic mass is 9.96. The zero-order valence-electron chi connectivity index (χ0n) is 13.5. The van der Waals surface area contributed by atoms with Gasteiger partial charge in [-0.25, -0.2) is 0 Å². The molecule has 3 aliphatic rings. The van der Waals surface area contributed by atoms with Crippen molar-refractivity contribution in [1.82, 2.24) is 15.4 Å². The Hall–Kier alpha value is -1.40. The molecule has 0 bridgehead atoms. The number of hydrogen-bond donors (Lipinski definition) is 2. The summed E-state index contributed by atoms with van der Waals surface area (Å²) >= 11 is 0. The SMILES string of the molecule is O=C(N[C@@H]1CC[C@@H](N2CCCC2)[C@@H]1O)c1noc2c1CCCC2. The number of aliphatic hydroxyl groups is 1. The number of nitrogens with one attached hydrogen (secondary N) is 1. The van der Waals surface area contributed by atoms with E-state index >= 15 is 0 Å². The molecule has 1 aromatic rings. The predicted octanol–water partition coefficient (Wildman–Crippen LogP) is 1.27. The minimum Gasteiger partial charge on any atom is -0.389 e. The highest BCUT2D eigenvalue weighted by molar-refractivity contribution is 5.94. The first-order valence-corrected chi connectivity index (χ1v) is 8.94. The molecule has 2 heterocycles. The fourth-order valence-electron chi connectivity index (χ4n) is 4.39. The number of rotatable bonds is 3. The van der Waals surface area contributed by atoms with Gasteiger partial charge in [-0.05, 0) is 58.0 Å². The maximum atomic E-state index is 12.5. The Labute approximate surface area is 136 Å². The first-order valence-electron chi connectivity index (χ1n) is 8.94. The smallest absolute Gasteiger partial charge is 0.274 e. The third kappa shape index (κ3) is 2.78. The van der Waals surface area contributed by atoms with E-state index < -0.39 is 6.10 Å². The second-order valence-electron chi connectivity index (χ2n) is 7.10. The van der Waals surface area contributed by atoms with Gasteiger partial charge in [0.1, 0.15) is 5.76 Å².